The highest BCUT2D eigenvalue weighted by Gasteiger charge is 2.39. The molecule has 3 heteroatoms. The molecule has 2 atom stereocenters. The Kier molecular flexibility index (Phi) is 3.93. The van der Waals surface area contributed by atoms with Crippen LogP contribution in [0.25, 0.3) is 0 Å². The minimum atomic E-state index is -0.651. The Balaban J connectivity index is 2.72. The summed E-state index contributed by atoms with van der Waals surface area (Å²) < 4.78 is 0. The van der Waals surface area contributed by atoms with Crippen molar-refractivity contribution >= 4 is 5.97 Å². The number of hydrogen-bond donors (Lipinski definition) is 1. The third-order valence-corrected chi connectivity index (χ3v) is 3.40. The number of aliphatic carboxylic acids is 1. The van der Waals surface area contributed by atoms with Gasteiger partial charge in [0.05, 0.1) is 0 Å². The zero-order valence-electron chi connectivity index (χ0n) is 9.36. The Labute approximate surface area is 86.1 Å². The highest BCUT2D eigenvalue weighted by atomic mass is 16.4. The third kappa shape index (κ3) is 2.08. The average molecular weight is 199 g/mol. The maximum Gasteiger partial charge on any atom is 0.321 e. The summed E-state index contributed by atoms with van der Waals surface area (Å²) in [5.74, 6) is -0.352. The van der Waals surface area contributed by atoms with Gasteiger partial charge in [-0.3, -0.25) is 9.69 Å². The van der Waals surface area contributed by atoms with Gasteiger partial charge in [-0.2, -0.15) is 0 Å². The fraction of sp³-hybridized carbons (Fsp3) is 0.909. The lowest BCUT2D eigenvalue weighted by molar-refractivity contribution is -0.144. The van der Waals surface area contributed by atoms with Crippen LogP contribution in [0.5, 0.6) is 0 Å². The van der Waals surface area contributed by atoms with E-state index < -0.39 is 5.97 Å². The molecule has 0 aliphatic carbocycles. The van der Waals surface area contributed by atoms with Crippen LogP contribution in [0.4, 0.5) is 0 Å². The van der Waals surface area contributed by atoms with Crippen LogP contribution in [0.15, 0.2) is 0 Å². The number of carboxylic acid groups (broad SMARTS) is 1. The van der Waals surface area contributed by atoms with Crippen LogP contribution in [-0.2, 0) is 4.79 Å². The van der Waals surface area contributed by atoms with Crippen molar-refractivity contribution in [3.8, 4) is 0 Å². The van der Waals surface area contributed by atoms with E-state index in [0.29, 0.717) is 12.0 Å². The molecule has 1 fully saturated rings. The SMILES string of the molecule is CCC(CC)N1CCC(C)C1C(=O)O. The summed E-state index contributed by atoms with van der Waals surface area (Å²) in [6.45, 7) is 7.26. The summed E-state index contributed by atoms with van der Waals surface area (Å²) in [5.41, 5.74) is 0. The van der Waals surface area contributed by atoms with Gasteiger partial charge >= 0.3 is 5.97 Å². The highest BCUT2D eigenvalue weighted by Crippen LogP contribution is 2.28. The maximum atomic E-state index is 11.1. The molecule has 0 aromatic carbocycles. The number of carboxylic acids is 1. The zero-order chi connectivity index (χ0) is 10.7. The number of hydrogen-bond acceptors (Lipinski definition) is 2. The van der Waals surface area contributed by atoms with Crippen LogP contribution in [-0.4, -0.2) is 34.6 Å². The molecule has 0 aromatic heterocycles. The zero-order valence-corrected chi connectivity index (χ0v) is 9.36. The Morgan fingerprint density at radius 2 is 2.07 bits per heavy atom. The number of likely N-dealkylation sites (tertiary alicyclic amines) is 1. The van der Waals surface area contributed by atoms with Gasteiger partial charge in [0, 0.05) is 6.04 Å². The maximum absolute atomic E-state index is 11.1. The molecule has 14 heavy (non-hydrogen) atoms. The molecule has 0 saturated carbocycles. The van der Waals surface area contributed by atoms with Crippen molar-refractivity contribution in [2.75, 3.05) is 6.54 Å². The lowest BCUT2D eigenvalue weighted by Gasteiger charge is -2.30. The van der Waals surface area contributed by atoms with Crippen LogP contribution >= 0.6 is 0 Å². The lowest BCUT2D eigenvalue weighted by atomic mass is 10.0. The van der Waals surface area contributed by atoms with E-state index in [1.165, 1.54) is 0 Å². The summed E-state index contributed by atoms with van der Waals surface area (Å²) in [5, 5.41) is 9.15. The van der Waals surface area contributed by atoms with E-state index in [2.05, 4.69) is 18.7 Å². The summed E-state index contributed by atoms with van der Waals surface area (Å²) in [7, 11) is 0. The molecule has 0 radical (unpaired) electrons. The van der Waals surface area contributed by atoms with E-state index >= 15 is 0 Å². The summed E-state index contributed by atoms with van der Waals surface area (Å²) in [4.78, 5) is 13.3. The quantitative estimate of drug-likeness (QED) is 0.752. The predicted molar refractivity (Wildman–Crippen MR) is 56.3 cm³/mol. The summed E-state index contributed by atoms with van der Waals surface area (Å²) in [6, 6.07) is 0.195. The van der Waals surface area contributed by atoms with Gasteiger partial charge < -0.3 is 5.11 Å². The van der Waals surface area contributed by atoms with Crippen molar-refractivity contribution in [1.82, 2.24) is 4.90 Å². The first kappa shape index (κ1) is 11.5. The standard InChI is InChI=1S/C11H21NO2/c1-4-9(5-2)12-7-6-8(3)10(12)11(13)14/h8-10H,4-7H2,1-3H3,(H,13,14). The number of rotatable bonds is 4. The van der Waals surface area contributed by atoms with Crippen LogP contribution in [0.2, 0.25) is 0 Å². The van der Waals surface area contributed by atoms with Crippen molar-refractivity contribution in [3.63, 3.8) is 0 Å². The van der Waals surface area contributed by atoms with E-state index in [0.717, 1.165) is 25.8 Å². The minimum Gasteiger partial charge on any atom is -0.480 e. The van der Waals surface area contributed by atoms with Crippen molar-refractivity contribution in [3.05, 3.63) is 0 Å². The van der Waals surface area contributed by atoms with Crippen molar-refractivity contribution in [1.29, 1.82) is 0 Å². The first-order chi connectivity index (χ1) is 6.61. The Morgan fingerprint density at radius 1 is 1.50 bits per heavy atom. The second-order valence-electron chi connectivity index (χ2n) is 4.26. The van der Waals surface area contributed by atoms with E-state index in [1.54, 1.807) is 0 Å². The first-order valence-corrected chi connectivity index (χ1v) is 5.60. The Bertz CT molecular complexity index is 201. The van der Waals surface area contributed by atoms with Crippen molar-refractivity contribution < 1.29 is 9.90 Å². The van der Waals surface area contributed by atoms with Gasteiger partial charge in [-0.05, 0) is 31.7 Å². The molecule has 0 aromatic rings. The van der Waals surface area contributed by atoms with Gasteiger partial charge in [0.15, 0.2) is 0 Å². The molecule has 0 spiro atoms. The molecule has 1 heterocycles. The van der Waals surface area contributed by atoms with E-state index in [9.17, 15) is 4.79 Å². The molecule has 0 amide bonds. The van der Waals surface area contributed by atoms with Gasteiger partial charge in [-0.15, -0.1) is 0 Å². The Morgan fingerprint density at radius 3 is 2.50 bits per heavy atom. The first-order valence-electron chi connectivity index (χ1n) is 5.60. The summed E-state index contributed by atoms with van der Waals surface area (Å²) in [6.07, 6.45) is 3.12. The topological polar surface area (TPSA) is 40.5 Å². The molecular weight excluding hydrogens is 178 g/mol. The molecule has 1 aliphatic heterocycles. The normalized spacial score (nSPS) is 28.6. The summed E-state index contributed by atoms with van der Waals surface area (Å²) >= 11 is 0. The van der Waals surface area contributed by atoms with Gasteiger partial charge in [-0.1, -0.05) is 20.8 Å². The van der Waals surface area contributed by atoms with Gasteiger partial charge in [0.1, 0.15) is 6.04 Å². The van der Waals surface area contributed by atoms with E-state index in [4.69, 9.17) is 5.11 Å². The predicted octanol–water partition coefficient (Wildman–Crippen LogP) is 1.97. The van der Waals surface area contributed by atoms with Gasteiger partial charge in [0.2, 0.25) is 0 Å². The number of carbonyl (C=O) groups is 1. The molecule has 2 unspecified atom stereocenters. The van der Waals surface area contributed by atoms with Gasteiger partial charge in [-0.25, -0.2) is 0 Å². The largest absolute Gasteiger partial charge is 0.480 e. The fourth-order valence-electron chi connectivity index (χ4n) is 2.53. The van der Waals surface area contributed by atoms with Crippen molar-refractivity contribution in [2.45, 2.75) is 52.1 Å². The van der Waals surface area contributed by atoms with Gasteiger partial charge in [0.25, 0.3) is 0 Å². The van der Waals surface area contributed by atoms with E-state index in [-0.39, 0.29) is 6.04 Å². The minimum absolute atomic E-state index is 0.250. The van der Waals surface area contributed by atoms with Crippen LogP contribution in [0.3, 0.4) is 0 Å². The molecule has 1 saturated heterocycles. The molecule has 1 N–H and O–H groups in total. The van der Waals surface area contributed by atoms with Crippen LogP contribution in [0.1, 0.15) is 40.0 Å². The molecular formula is C11H21NO2. The average Bonchev–Trinajstić information content (AvgIpc) is 2.50. The second-order valence-corrected chi connectivity index (χ2v) is 4.26. The van der Waals surface area contributed by atoms with Crippen LogP contribution < -0.4 is 0 Å². The lowest BCUT2D eigenvalue weighted by Crippen LogP contribution is -2.44. The monoisotopic (exact) mass is 199 g/mol. The van der Waals surface area contributed by atoms with E-state index in [1.807, 2.05) is 6.92 Å². The third-order valence-electron chi connectivity index (χ3n) is 3.40. The van der Waals surface area contributed by atoms with Crippen molar-refractivity contribution in [2.24, 2.45) is 5.92 Å². The fourth-order valence-corrected chi connectivity index (χ4v) is 2.53. The smallest absolute Gasteiger partial charge is 0.321 e. The second kappa shape index (κ2) is 4.78. The molecule has 1 aliphatic rings. The van der Waals surface area contributed by atoms with Crippen LogP contribution in [0, 0.1) is 5.92 Å². The highest BCUT2D eigenvalue weighted by molar-refractivity contribution is 5.74. The molecule has 3 nitrogen and oxygen atoms in total. The molecule has 1 rings (SSSR count). The number of nitrogens with zero attached hydrogens (tertiary/aromatic N) is 1. The molecule has 0 bridgehead atoms. The molecule has 82 valence electrons. The Hall–Kier alpha value is -0.570.